The Morgan fingerprint density at radius 3 is 2.02 bits per heavy atom. The number of hydrogen-bond donors (Lipinski definition) is 3. The van der Waals surface area contributed by atoms with Crippen LogP contribution in [0.15, 0.2) is 60.7 Å². The van der Waals surface area contributed by atoms with Crippen LogP contribution < -0.4 is 10.1 Å². The molecule has 1 aliphatic rings. The minimum atomic E-state index is -2.42. The molecule has 1 fully saturated rings. The van der Waals surface area contributed by atoms with Gasteiger partial charge in [0.2, 0.25) is 5.91 Å². The number of benzene rings is 2. The summed E-state index contributed by atoms with van der Waals surface area (Å²) in [6, 6.07) is 14.1. The highest BCUT2D eigenvalue weighted by Crippen LogP contribution is 2.33. The highest BCUT2D eigenvalue weighted by atomic mass is 16.7. The lowest BCUT2D eigenvalue weighted by atomic mass is 9.82. The number of allylic oxidation sites excluding steroid dienone is 1. The predicted octanol–water partition coefficient (Wildman–Crippen LogP) is 8.80. The summed E-state index contributed by atoms with van der Waals surface area (Å²) < 4.78 is 28.9. The Labute approximate surface area is 353 Å². The smallest absolute Gasteiger partial charge is 0.339 e. The van der Waals surface area contributed by atoms with E-state index in [-0.39, 0.29) is 6.42 Å². The number of amides is 1. The third-order valence-corrected chi connectivity index (χ3v) is 10.3. The van der Waals surface area contributed by atoms with Crippen molar-refractivity contribution >= 4 is 17.8 Å². The van der Waals surface area contributed by atoms with E-state index >= 15 is 0 Å². The predicted molar refractivity (Wildman–Crippen MR) is 231 cm³/mol. The van der Waals surface area contributed by atoms with Crippen LogP contribution in [0.1, 0.15) is 138 Å². The van der Waals surface area contributed by atoms with Crippen LogP contribution in [-0.4, -0.2) is 83.6 Å². The first-order chi connectivity index (χ1) is 27.9. The van der Waals surface area contributed by atoms with Crippen LogP contribution in [-0.2, 0) is 39.8 Å². The van der Waals surface area contributed by atoms with Crippen LogP contribution in [0, 0.1) is 5.92 Å². The number of esters is 2. The molecule has 3 atom stereocenters. The fourth-order valence-corrected chi connectivity index (χ4v) is 7.24. The molecule has 2 aromatic carbocycles. The fourth-order valence-electron chi connectivity index (χ4n) is 7.24. The Bertz CT molecular complexity index is 1600. The largest absolute Gasteiger partial charge is 0.497 e. The van der Waals surface area contributed by atoms with E-state index in [2.05, 4.69) is 12.2 Å². The summed E-state index contributed by atoms with van der Waals surface area (Å²) in [7, 11) is 1.61. The number of nitrogens with one attached hydrogen (secondary N) is 1. The lowest BCUT2D eigenvalue weighted by molar-refractivity contribution is -0.185. The third kappa shape index (κ3) is 17.0. The molecule has 1 heterocycles. The van der Waals surface area contributed by atoms with Crippen molar-refractivity contribution in [1.29, 1.82) is 0 Å². The molecule has 0 unspecified atom stereocenters. The molecule has 0 spiro atoms. The van der Waals surface area contributed by atoms with Crippen molar-refractivity contribution in [2.45, 2.75) is 167 Å². The topological polar surface area (TPSA) is 150 Å². The highest BCUT2D eigenvalue weighted by Gasteiger charge is 2.49. The lowest BCUT2D eigenvalue weighted by Gasteiger charge is -2.35. The number of aliphatic hydroxyl groups is 2. The van der Waals surface area contributed by atoms with Crippen molar-refractivity contribution in [3.8, 4) is 16.9 Å². The van der Waals surface area contributed by atoms with Crippen molar-refractivity contribution in [3.05, 3.63) is 66.2 Å². The summed E-state index contributed by atoms with van der Waals surface area (Å²) in [6.07, 6.45) is 14.9. The quantitative estimate of drug-likeness (QED) is 0.0504. The molecule has 0 bridgehead atoms. The van der Waals surface area contributed by atoms with E-state index in [0.29, 0.717) is 19.6 Å². The minimum Gasteiger partial charge on any atom is -0.497 e. The average molecular weight is 824 g/mol. The zero-order valence-corrected chi connectivity index (χ0v) is 37.1. The van der Waals surface area contributed by atoms with Crippen molar-refractivity contribution in [1.82, 2.24) is 5.32 Å². The second-order valence-electron chi connectivity index (χ2n) is 17.8. The summed E-state index contributed by atoms with van der Waals surface area (Å²) in [5.74, 6) is -3.71. The maximum Gasteiger partial charge on any atom is 0.339 e. The molecule has 330 valence electrons. The van der Waals surface area contributed by atoms with E-state index in [1.165, 1.54) is 31.8 Å². The third-order valence-electron chi connectivity index (χ3n) is 10.3. The molecule has 1 saturated heterocycles. The molecule has 3 N–H and O–H groups in total. The van der Waals surface area contributed by atoms with Crippen LogP contribution in [0.4, 0.5) is 0 Å². The first-order valence-corrected chi connectivity index (χ1v) is 21.7. The Balaban J connectivity index is 1.77. The lowest BCUT2D eigenvalue weighted by Crippen LogP contribution is -2.56. The van der Waals surface area contributed by atoms with Crippen LogP contribution in [0.25, 0.3) is 11.1 Å². The van der Waals surface area contributed by atoms with Gasteiger partial charge >= 0.3 is 11.9 Å². The van der Waals surface area contributed by atoms with E-state index < -0.39 is 65.4 Å². The van der Waals surface area contributed by atoms with Gasteiger partial charge in [0.25, 0.3) is 0 Å². The van der Waals surface area contributed by atoms with E-state index in [4.69, 9.17) is 23.7 Å². The number of carbonyl (C=O) groups is 3. The fraction of sp³-hybridized carbons (Fsp3) is 0.646. The molecule has 11 heteroatoms. The molecular formula is C48H73NO10. The van der Waals surface area contributed by atoms with E-state index in [0.717, 1.165) is 67.4 Å². The maximum absolute atomic E-state index is 14.3. The Morgan fingerprint density at radius 2 is 1.44 bits per heavy atom. The molecule has 0 aliphatic carbocycles. The standard InChI is InChI=1S/C48H73NO10/c1-9-10-11-15-18-28-47(56-32-33-57-47)29-19-16-13-12-14-17-23-40(48(54,30-31-50)44(53)59-46(5,6)7)42(51)49-41(43(52)58-45(2,3)4)34-36-24-26-37(27-25-36)38-21-20-22-39(35-38)55-8/h17,20-27,35,40-41,50,54H,9-16,18-19,28-34H2,1-8H3,(H,49,51)/b23-17+/t40-,41+,48+/m1/s1. The second kappa shape index (κ2) is 23.9. The molecule has 1 aliphatic heterocycles. The second-order valence-corrected chi connectivity index (χ2v) is 17.8. The number of aliphatic hydroxyl groups excluding tert-OH is 1. The molecule has 0 saturated carbocycles. The van der Waals surface area contributed by atoms with Gasteiger partial charge in [0.15, 0.2) is 11.4 Å². The molecule has 11 nitrogen and oxygen atoms in total. The molecule has 59 heavy (non-hydrogen) atoms. The Kier molecular flexibility index (Phi) is 20.1. The Hall–Kier alpha value is -3.77. The summed E-state index contributed by atoms with van der Waals surface area (Å²) in [5.41, 5.74) is -1.61. The zero-order chi connectivity index (χ0) is 43.5. The summed E-state index contributed by atoms with van der Waals surface area (Å²) in [4.78, 5) is 41.7. The van der Waals surface area contributed by atoms with Gasteiger partial charge in [-0.3, -0.25) is 4.79 Å². The van der Waals surface area contributed by atoms with Crippen molar-refractivity contribution in [2.75, 3.05) is 26.9 Å². The normalized spacial score (nSPS) is 16.3. The van der Waals surface area contributed by atoms with Gasteiger partial charge in [-0.15, -0.1) is 0 Å². The molecule has 2 aromatic rings. The molecular weight excluding hydrogens is 751 g/mol. The number of rotatable bonds is 25. The molecule has 0 radical (unpaired) electrons. The van der Waals surface area contributed by atoms with Crippen LogP contribution in [0.2, 0.25) is 0 Å². The minimum absolute atomic E-state index is 0.0799. The average Bonchev–Trinajstić information content (AvgIpc) is 3.64. The van der Waals surface area contributed by atoms with Crippen molar-refractivity contribution in [3.63, 3.8) is 0 Å². The number of methoxy groups -OCH3 is 1. The van der Waals surface area contributed by atoms with Gasteiger partial charge < -0.3 is 39.2 Å². The molecule has 1 amide bonds. The van der Waals surface area contributed by atoms with Crippen LogP contribution in [0.3, 0.4) is 0 Å². The number of hydrogen-bond acceptors (Lipinski definition) is 10. The highest BCUT2D eigenvalue weighted by molar-refractivity contribution is 5.93. The summed E-state index contributed by atoms with van der Waals surface area (Å²) in [5, 5.41) is 24.8. The van der Waals surface area contributed by atoms with Gasteiger partial charge in [-0.2, -0.15) is 0 Å². The number of ether oxygens (including phenoxy) is 5. The first kappa shape index (κ1) is 49.6. The van der Waals surface area contributed by atoms with Gasteiger partial charge in [-0.1, -0.05) is 94.0 Å². The van der Waals surface area contributed by atoms with Gasteiger partial charge in [-0.05, 0) is 96.0 Å². The molecule has 0 aromatic heterocycles. The first-order valence-electron chi connectivity index (χ1n) is 21.7. The van der Waals surface area contributed by atoms with Crippen LogP contribution >= 0.6 is 0 Å². The van der Waals surface area contributed by atoms with Crippen LogP contribution in [0.5, 0.6) is 5.75 Å². The van der Waals surface area contributed by atoms with E-state index in [1.807, 2.05) is 48.5 Å². The van der Waals surface area contributed by atoms with E-state index in [1.54, 1.807) is 54.7 Å². The van der Waals surface area contributed by atoms with Gasteiger partial charge in [0, 0.05) is 32.3 Å². The van der Waals surface area contributed by atoms with Crippen molar-refractivity contribution in [2.24, 2.45) is 5.92 Å². The SMILES string of the molecule is CCCCCCCC1(CCCCCC/C=C/[C@H](C(=O)N[C@@H](Cc2ccc(-c3cccc(OC)c3)cc2)C(=O)OC(C)(C)C)[C@@](O)(CCO)C(=O)OC(C)(C)C)OCCO1. The number of unbranched alkanes of at least 4 members (excludes halogenated alkanes) is 8. The Morgan fingerprint density at radius 1 is 0.831 bits per heavy atom. The van der Waals surface area contributed by atoms with Gasteiger partial charge in [-0.25, -0.2) is 9.59 Å². The monoisotopic (exact) mass is 824 g/mol. The number of carbonyl (C=O) groups excluding carboxylic acids is 3. The van der Waals surface area contributed by atoms with Gasteiger partial charge in [0.1, 0.15) is 23.0 Å². The zero-order valence-electron chi connectivity index (χ0n) is 37.1. The van der Waals surface area contributed by atoms with Gasteiger partial charge in [0.05, 0.1) is 26.2 Å². The maximum atomic E-state index is 14.3. The molecule has 3 rings (SSSR count). The summed E-state index contributed by atoms with van der Waals surface area (Å²) in [6.45, 7) is 13.1. The van der Waals surface area contributed by atoms with E-state index in [9.17, 15) is 24.6 Å². The summed E-state index contributed by atoms with van der Waals surface area (Å²) >= 11 is 0. The van der Waals surface area contributed by atoms with Crippen molar-refractivity contribution < 1.29 is 48.3 Å².